The summed E-state index contributed by atoms with van der Waals surface area (Å²) in [6, 6.07) is 16.9. The average molecular weight is 337 g/mol. The Kier molecular flexibility index (Phi) is 2.77. The highest BCUT2D eigenvalue weighted by molar-refractivity contribution is 9.10. The van der Waals surface area contributed by atoms with E-state index in [1.54, 1.807) is 0 Å². The Bertz CT molecular complexity index is 789. The highest BCUT2D eigenvalue weighted by Gasteiger charge is 2.61. The largest absolute Gasteiger partial charge is 0.205 e. The molecule has 0 aromatic heterocycles. The highest BCUT2D eigenvalue weighted by Crippen LogP contribution is 2.65. The van der Waals surface area contributed by atoms with Crippen molar-refractivity contribution in [3.05, 3.63) is 69.7 Å². The van der Waals surface area contributed by atoms with Crippen molar-refractivity contribution in [3.8, 4) is 6.19 Å². The number of nitriles is 1. The van der Waals surface area contributed by atoms with Gasteiger partial charge in [0.1, 0.15) is 0 Å². The lowest BCUT2D eigenvalue weighted by Gasteiger charge is -2.10. The molecular weight excluding hydrogens is 324 g/mol. The Morgan fingerprint density at radius 1 is 1.19 bits per heavy atom. The summed E-state index contributed by atoms with van der Waals surface area (Å²) in [5.41, 5.74) is 4.83. The molecule has 2 aromatic carbocycles. The molecule has 1 saturated carbocycles. The molecule has 21 heavy (non-hydrogen) atoms. The quantitative estimate of drug-likeness (QED) is 0.708. The molecule has 0 N–H and O–H groups in total. The summed E-state index contributed by atoms with van der Waals surface area (Å²) in [6.07, 6.45) is 4.09. The summed E-state index contributed by atoms with van der Waals surface area (Å²) < 4.78 is 1.04. The molecule has 0 radical (unpaired) electrons. The van der Waals surface area contributed by atoms with E-state index >= 15 is 0 Å². The van der Waals surface area contributed by atoms with Gasteiger partial charge in [-0.2, -0.15) is 10.3 Å². The van der Waals surface area contributed by atoms with Crippen LogP contribution in [0.4, 0.5) is 0 Å². The molecule has 0 bridgehead atoms. The predicted molar refractivity (Wildman–Crippen MR) is 86.2 cm³/mol. The molecule has 2 aliphatic carbocycles. The van der Waals surface area contributed by atoms with Crippen LogP contribution in [-0.2, 0) is 6.42 Å². The van der Waals surface area contributed by atoms with E-state index in [4.69, 9.17) is 5.26 Å². The van der Waals surface area contributed by atoms with E-state index in [2.05, 4.69) is 63.4 Å². The van der Waals surface area contributed by atoms with Crippen molar-refractivity contribution in [1.82, 2.24) is 0 Å². The van der Waals surface area contributed by atoms with Gasteiger partial charge in [0.15, 0.2) is 0 Å². The third-order valence-corrected chi connectivity index (χ3v) is 5.24. The smallest absolute Gasteiger partial charge is 0.177 e. The third-order valence-electron chi connectivity index (χ3n) is 4.74. The Hall–Kier alpha value is -1.92. The molecule has 3 heteroatoms. The Balaban J connectivity index is 1.80. The molecule has 0 aliphatic heterocycles. The number of benzene rings is 2. The van der Waals surface area contributed by atoms with Gasteiger partial charge in [0.05, 0.1) is 5.71 Å². The monoisotopic (exact) mass is 336 g/mol. The predicted octanol–water partition coefficient (Wildman–Crippen LogP) is 4.45. The zero-order chi connectivity index (χ0) is 14.4. The number of rotatable bonds is 1. The Morgan fingerprint density at radius 2 is 2.00 bits per heavy atom. The van der Waals surface area contributed by atoms with E-state index in [0.717, 1.165) is 28.6 Å². The van der Waals surface area contributed by atoms with Crippen molar-refractivity contribution in [2.45, 2.75) is 18.8 Å². The lowest BCUT2D eigenvalue weighted by molar-refractivity contribution is 0.692. The second-order valence-electron chi connectivity index (χ2n) is 5.86. The van der Waals surface area contributed by atoms with Gasteiger partial charge in [-0.1, -0.05) is 52.3 Å². The fourth-order valence-electron chi connectivity index (χ4n) is 3.72. The molecule has 1 spiro atoms. The summed E-state index contributed by atoms with van der Waals surface area (Å²) in [5.74, 6) is 0.483. The second-order valence-corrected chi connectivity index (χ2v) is 6.78. The van der Waals surface area contributed by atoms with Crippen LogP contribution in [0.15, 0.2) is 58.0 Å². The number of fused-ring (bicyclic) bond motifs is 1. The van der Waals surface area contributed by atoms with Crippen LogP contribution >= 0.6 is 15.9 Å². The summed E-state index contributed by atoms with van der Waals surface area (Å²) in [4.78, 5) is 4.20. The SMILES string of the molecule is N#CN=C1c2cc(Br)ccc2C[C@@]12C[C@@H]2c1ccccc1. The normalized spacial score (nSPS) is 27.6. The number of halogens is 1. The van der Waals surface area contributed by atoms with Crippen LogP contribution in [0, 0.1) is 16.9 Å². The summed E-state index contributed by atoms with van der Waals surface area (Å²) in [7, 11) is 0. The Labute approximate surface area is 132 Å². The first-order valence-corrected chi connectivity index (χ1v) is 7.85. The summed E-state index contributed by atoms with van der Waals surface area (Å²) in [6.45, 7) is 0. The molecule has 2 nitrogen and oxygen atoms in total. The van der Waals surface area contributed by atoms with Gasteiger partial charge < -0.3 is 0 Å². The lowest BCUT2D eigenvalue weighted by atomic mass is 9.94. The van der Waals surface area contributed by atoms with Crippen LogP contribution in [0.2, 0.25) is 0 Å². The van der Waals surface area contributed by atoms with Crippen molar-refractivity contribution in [3.63, 3.8) is 0 Å². The van der Waals surface area contributed by atoms with Crippen molar-refractivity contribution >= 4 is 21.6 Å². The van der Waals surface area contributed by atoms with E-state index in [9.17, 15) is 0 Å². The maximum atomic E-state index is 9.09. The summed E-state index contributed by atoms with van der Waals surface area (Å²) >= 11 is 3.52. The lowest BCUT2D eigenvalue weighted by Crippen LogP contribution is -2.13. The Morgan fingerprint density at radius 3 is 2.76 bits per heavy atom. The number of hydrogen-bond donors (Lipinski definition) is 0. The first-order valence-electron chi connectivity index (χ1n) is 7.05. The topological polar surface area (TPSA) is 36.1 Å². The van der Waals surface area contributed by atoms with Crippen LogP contribution in [0.3, 0.4) is 0 Å². The van der Waals surface area contributed by atoms with Gasteiger partial charge in [-0.15, -0.1) is 0 Å². The van der Waals surface area contributed by atoms with Crippen molar-refractivity contribution < 1.29 is 0 Å². The minimum absolute atomic E-state index is 0.0419. The van der Waals surface area contributed by atoms with Crippen LogP contribution in [0.1, 0.15) is 29.0 Å². The molecule has 2 aliphatic rings. The van der Waals surface area contributed by atoms with Gasteiger partial charge >= 0.3 is 0 Å². The maximum Gasteiger partial charge on any atom is 0.205 e. The first kappa shape index (κ1) is 12.8. The molecule has 2 atom stereocenters. The zero-order valence-electron chi connectivity index (χ0n) is 11.4. The van der Waals surface area contributed by atoms with E-state index < -0.39 is 0 Å². The van der Waals surface area contributed by atoms with Gasteiger partial charge in [-0.25, -0.2) is 0 Å². The molecular formula is C18H13BrN2. The number of hydrogen-bond acceptors (Lipinski definition) is 2. The van der Waals surface area contributed by atoms with Gasteiger partial charge in [0, 0.05) is 15.5 Å². The average Bonchev–Trinajstić information content (AvgIpc) is 3.14. The molecule has 0 heterocycles. The highest BCUT2D eigenvalue weighted by atomic mass is 79.9. The standard InChI is InChI=1S/C18H13BrN2/c19-14-7-6-13-9-18(17(21-11-20)15(13)8-14)10-16(18)12-4-2-1-3-5-12/h1-8,16H,9-10H2/t16-,18+/m1/s1. The van der Waals surface area contributed by atoms with E-state index in [1.807, 2.05) is 12.3 Å². The minimum atomic E-state index is 0.0419. The van der Waals surface area contributed by atoms with E-state index in [-0.39, 0.29) is 5.41 Å². The molecule has 0 saturated heterocycles. The van der Waals surface area contributed by atoms with Gasteiger partial charge in [0.25, 0.3) is 0 Å². The van der Waals surface area contributed by atoms with Crippen LogP contribution < -0.4 is 0 Å². The number of nitrogens with zero attached hydrogens (tertiary/aromatic N) is 2. The van der Waals surface area contributed by atoms with Gasteiger partial charge in [0.2, 0.25) is 6.19 Å². The third kappa shape index (κ3) is 1.86. The van der Waals surface area contributed by atoms with Crippen LogP contribution in [-0.4, -0.2) is 5.71 Å². The zero-order valence-corrected chi connectivity index (χ0v) is 13.0. The first-order chi connectivity index (χ1) is 10.2. The molecule has 1 fully saturated rings. The maximum absolute atomic E-state index is 9.09. The molecule has 0 unspecified atom stereocenters. The molecule has 2 aromatic rings. The molecule has 4 rings (SSSR count). The van der Waals surface area contributed by atoms with Crippen molar-refractivity contribution in [2.75, 3.05) is 0 Å². The van der Waals surface area contributed by atoms with Gasteiger partial charge in [-0.3, -0.25) is 0 Å². The molecule has 102 valence electrons. The van der Waals surface area contributed by atoms with E-state index in [0.29, 0.717) is 5.92 Å². The number of aliphatic imine (C=N–C) groups is 1. The summed E-state index contributed by atoms with van der Waals surface area (Å²) in [5, 5.41) is 9.09. The van der Waals surface area contributed by atoms with Crippen LogP contribution in [0.5, 0.6) is 0 Å². The van der Waals surface area contributed by atoms with Crippen molar-refractivity contribution in [2.24, 2.45) is 10.4 Å². The van der Waals surface area contributed by atoms with Crippen LogP contribution in [0.25, 0.3) is 0 Å². The fourth-order valence-corrected chi connectivity index (χ4v) is 4.08. The molecule has 0 amide bonds. The van der Waals surface area contributed by atoms with Gasteiger partial charge in [-0.05, 0) is 42.0 Å². The second kappa shape index (κ2) is 4.54. The van der Waals surface area contributed by atoms with E-state index in [1.165, 1.54) is 11.1 Å². The fraction of sp³-hybridized carbons (Fsp3) is 0.222. The minimum Gasteiger partial charge on any atom is -0.177 e. The van der Waals surface area contributed by atoms with Crippen molar-refractivity contribution in [1.29, 1.82) is 5.26 Å².